The van der Waals surface area contributed by atoms with Crippen molar-refractivity contribution in [3.05, 3.63) is 12.7 Å². The molecule has 0 amide bonds. The van der Waals surface area contributed by atoms with E-state index in [-0.39, 0.29) is 24.0 Å². The third-order valence-corrected chi connectivity index (χ3v) is 4.16. The largest absolute Gasteiger partial charge is 0.357 e. The summed E-state index contributed by atoms with van der Waals surface area (Å²) in [4.78, 5) is 9.42. The van der Waals surface area contributed by atoms with Gasteiger partial charge in [0.25, 0.3) is 0 Å². The lowest BCUT2D eigenvalue weighted by Gasteiger charge is -2.22. The Morgan fingerprint density at radius 3 is 2.33 bits per heavy atom. The molecule has 0 saturated carbocycles. The Balaban J connectivity index is 0. The normalized spacial score (nSPS) is 11.5. The molecule has 0 aliphatic rings. The monoisotopic (exact) mass is 452 g/mol. The Morgan fingerprint density at radius 1 is 1.08 bits per heavy atom. The smallest absolute Gasteiger partial charge is 0.193 e. The van der Waals surface area contributed by atoms with Crippen LogP contribution < -0.4 is 5.32 Å². The predicted octanol–water partition coefficient (Wildman–Crippen LogP) is 4.37. The molecule has 0 aromatic carbocycles. The summed E-state index contributed by atoms with van der Waals surface area (Å²) < 4.78 is 0. The first-order chi connectivity index (χ1) is 11.0. The zero-order valence-electron chi connectivity index (χ0n) is 16.7. The molecule has 0 heterocycles. The third-order valence-electron chi connectivity index (χ3n) is 4.16. The van der Waals surface area contributed by atoms with Gasteiger partial charge in [-0.3, -0.25) is 4.99 Å². The molecule has 0 fully saturated rings. The molecular formula is C19H41IN4. The molecule has 0 aliphatic carbocycles. The number of hydrogen-bond donors (Lipinski definition) is 1. The highest BCUT2D eigenvalue weighted by molar-refractivity contribution is 14.0. The van der Waals surface area contributed by atoms with E-state index >= 15 is 0 Å². The maximum absolute atomic E-state index is 4.77. The molecule has 144 valence electrons. The van der Waals surface area contributed by atoms with E-state index < -0.39 is 0 Å². The van der Waals surface area contributed by atoms with E-state index in [1.165, 1.54) is 25.7 Å². The van der Waals surface area contributed by atoms with E-state index in [9.17, 15) is 0 Å². The van der Waals surface area contributed by atoms with Gasteiger partial charge in [0.05, 0.1) is 0 Å². The lowest BCUT2D eigenvalue weighted by Crippen LogP contribution is -2.39. The van der Waals surface area contributed by atoms with Gasteiger partial charge in [0.2, 0.25) is 0 Å². The second-order valence-electron chi connectivity index (χ2n) is 6.58. The van der Waals surface area contributed by atoms with Crippen LogP contribution in [0.15, 0.2) is 17.6 Å². The Bertz CT molecular complexity index is 318. The number of guanidine groups is 1. The first kappa shape index (κ1) is 25.9. The van der Waals surface area contributed by atoms with E-state index in [1.807, 2.05) is 6.08 Å². The summed E-state index contributed by atoms with van der Waals surface area (Å²) >= 11 is 0. The number of hydrogen-bond acceptors (Lipinski definition) is 2. The molecule has 0 unspecified atom stereocenters. The van der Waals surface area contributed by atoms with Gasteiger partial charge < -0.3 is 15.1 Å². The molecule has 0 saturated heterocycles. The Labute approximate surface area is 168 Å². The molecule has 0 atom stereocenters. The first-order valence-electron chi connectivity index (χ1n) is 9.33. The van der Waals surface area contributed by atoms with E-state index in [2.05, 4.69) is 56.6 Å². The minimum Gasteiger partial charge on any atom is -0.357 e. The molecule has 0 spiro atoms. The molecule has 0 aromatic heterocycles. The summed E-state index contributed by atoms with van der Waals surface area (Å²) in [6.07, 6.45) is 9.22. The summed E-state index contributed by atoms with van der Waals surface area (Å²) in [6.45, 7) is 14.4. The van der Waals surface area contributed by atoms with Crippen molar-refractivity contribution in [3.8, 4) is 0 Å². The molecule has 4 nitrogen and oxygen atoms in total. The fourth-order valence-electron chi connectivity index (χ4n) is 2.31. The zero-order valence-corrected chi connectivity index (χ0v) is 19.0. The summed E-state index contributed by atoms with van der Waals surface area (Å²) in [5.74, 6) is 1.05. The number of aliphatic imine (C=N–C) groups is 1. The lowest BCUT2D eigenvalue weighted by atomic mass is 10.2. The van der Waals surface area contributed by atoms with Crippen LogP contribution in [0.1, 0.15) is 59.3 Å². The Morgan fingerprint density at radius 2 is 1.75 bits per heavy atom. The summed E-state index contributed by atoms with van der Waals surface area (Å²) in [6, 6.07) is 0.628. The van der Waals surface area contributed by atoms with Crippen LogP contribution in [0.2, 0.25) is 0 Å². The van der Waals surface area contributed by atoms with Crippen molar-refractivity contribution in [1.29, 1.82) is 0 Å². The van der Waals surface area contributed by atoms with Crippen molar-refractivity contribution in [2.75, 3.05) is 40.3 Å². The van der Waals surface area contributed by atoms with E-state index in [1.54, 1.807) is 0 Å². The highest BCUT2D eigenvalue weighted by Gasteiger charge is 2.05. The van der Waals surface area contributed by atoms with Crippen molar-refractivity contribution >= 4 is 29.9 Å². The second-order valence-corrected chi connectivity index (χ2v) is 6.58. The average molecular weight is 452 g/mol. The van der Waals surface area contributed by atoms with Crippen LogP contribution in [0.25, 0.3) is 0 Å². The minimum absolute atomic E-state index is 0. The van der Waals surface area contributed by atoms with Crippen LogP contribution >= 0.6 is 24.0 Å². The van der Waals surface area contributed by atoms with Crippen molar-refractivity contribution in [2.24, 2.45) is 4.99 Å². The van der Waals surface area contributed by atoms with E-state index in [4.69, 9.17) is 4.99 Å². The number of rotatable bonds is 13. The molecule has 0 aliphatic heterocycles. The summed E-state index contributed by atoms with van der Waals surface area (Å²) in [5, 5.41) is 3.40. The van der Waals surface area contributed by atoms with Crippen LogP contribution in [-0.2, 0) is 0 Å². The van der Waals surface area contributed by atoms with Gasteiger partial charge in [0, 0.05) is 32.7 Å². The van der Waals surface area contributed by atoms with Crippen molar-refractivity contribution in [3.63, 3.8) is 0 Å². The van der Waals surface area contributed by atoms with Gasteiger partial charge in [-0.25, -0.2) is 0 Å². The van der Waals surface area contributed by atoms with E-state index in [0.29, 0.717) is 6.04 Å². The number of nitrogens with one attached hydrogen (secondary N) is 1. The zero-order chi connectivity index (χ0) is 17.5. The highest BCUT2D eigenvalue weighted by atomic mass is 127. The van der Waals surface area contributed by atoms with Gasteiger partial charge in [0.1, 0.15) is 0 Å². The number of allylic oxidation sites excluding steroid dienone is 1. The number of unbranched alkanes of at least 4 members (excludes halogenated alkanes) is 4. The maximum atomic E-state index is 4.77. The number of nitrogens with zero attached hydrogens (tertiary/aromatic N) is 3. The van der Waals surface area contributed by atoms with Gasteiger partial charge in [-0.05, 0) is 66.5 Å². The van der Waals surface area contributed by atoms with Gasteiger partial charge in [-0.2, -0.15) is 0 Å². The first-order valence-corrected chi connectivity index (χ1v) is 9.33. The quantitative estimate of drug-likeness (QED) is 0.148. The van der Waals surface area contributed by atoms with Crippen molar-refractivity contribution < 1.29 is 0 Å². The fraction of sp³-hybridized carbons (Fsp3) is 0.842. The van der Waals surface area contributed by atoms with Gasteiger partial charge >= 0.3 is 0 Å². The average Bonchev–Trinajstić information content (AvgIpc) is 2.52. The Kier molecular flexibility index (Phi) is 18.9. The maximum Gasteiger partial charge on any atom is 0.193 e. The van der Waals surface area contributed by atoms with Gasteiger partial charge in [-0.1, -0.05) is 12.5 Å². The molecule has 0 radical (unpaired) electrons. The molecule has 0 bridgehead atoms. The molecule has 0 rings (SSSR count). The fourth-order valence-corrected chi connectivity index (χ4v) is 2.31. The van der Waals surface area contributed by atoms with Gasteiger partial charge in [-0.15, -0.1) is 30.6 Å². The summed E-state index contributed by atoms with van der Waals surface area (Å²) in [7, 11) is 4.33. The topological polar surface area (TPSA) is 30.9 Å². The second kappa shape index (κ2) is 17.5. The third kappa shape index (κ3) is 14.1. The molecule has 0 aromatic rings. The van der Waals surface area contributed by atoms with Crippen molar-refractivity contribution in [1.82, 2.24) is 15.1 Å². The molecular weight excluding hydrogens is 411 g/mol. The van der Waals surface area contributed by atoms with Crippen molar-refractivity contribution in [2.45, 2.75) is 65.3 Å². The van der Waals surface area contributed by atoms with Crippen LogP contribution in [0.4, 0.5) is 0 Å². The summed E-state index contributed by atoms with van der Waals surface area (Å²) in [5.41, 5.74) is 0. The van der Waals surface area contributed by atoms with Crippen LogP contribution in [-0.4, -0.2) is 62.1 Å². The van der Waals surface area contributed by atoms with Crippen LogP contribution in [0.3, 0.4) is 0 Å². The SMILES string of the molecule is C=CCCCCCN(C)C(=NCCCCN(C)C(C)C)NCC.I. The van der Waals surface area contributed by atoms with E-state index in [0.717, 1.165) is 45.0 Å². The predicted molar refractivity (Wildman–Crippen MR) is 120 cm³/mol. The molecule has 5 heteroatoms. The standard InChI is InChI=1S/C19H40N4.HI/c1-7-9-10-11-13-17-23(6)19(20-8-2)21-15-12-14-16-22(5)18(3)4;/h7,18H,1,8-17H2,2-6H3,(H,20,21);1H. The van der Waals surface area contributed by atoms with Crippen LogP contribution in [0, 0.1) is 0 Å². The highest BCUT2D eigenvalue weighted by Crippen LogP contribution is 2.02. The van der Waals surface area contributed by atoms with Gasteiger partial charge in [0.15, 0.2) is 5.96 Å². The Hall–Kier alpha value is -0.300. The minimum atomic E-state index is 0. The molecule has 24 heavy (non-hydrogen) atoms. The molecule has 1 N–H and O–H groups in total. The number of halogens is 1. The van der Waals surface area contributed by atoms with Crippen LogP contribution in [0.5, 0.6) is 0 Å². The lowest BCUT2D eigenvalue weighted by molar-refractivity contribution is 0.269.